The van der Waals surface area contributed by atoms with Gasteiger partial charge in [-0.25, -0.2) is 4.98 Å². The van der Waals surface area contributed by atoms with Gasteiger partial charge in [-0.3, -0.25) is 15.0 Å². The number of halogens is 1. The Morgan fingerprint density at radius 2 is 1.92 bits per heavy atom. The highest BCUT2D eigenvalue weighted by Gasteiger charge is 2.10. The molecule has 0 aliphatic heterocycles. The number of amides is 2. The van der Waals surface area contributed by atoms with E-state index in [1.807, 2.05) is 0 Å². The maximum atomic E-state index is 12.1. The summed E-state index contributed by atoms with van der Waals surface area (Å²) in [5.74, 6) is 0.0443. The predicted octanol–water partition coefficient (Wildman–Crippen LogP) is 2.52. The minimum absolute atomic E-state index is 0.372. The Morgan fingerprint density at radius 1 is 1.16 bits per heavy atom. The summed E-state index contributed by atoms with van der Waals surface area (Å²) in [6.45, 7) is 1.64. The Kier molecular flexibility index (Phi) is 6.36. The molecule has 0 aliphatic rings. The smallest absolute Gasteiger partial charge is 0.273 e. The van der Waals surface area contributed by atoms with Gasteiger partial charge in [0.15, 0.2) is 0 Å². The van der Waals surface area contributed by atoms with E-state index >= 15 is 0 Å². The number of nitrogens with zero attached hydrogens (tertiary/aromatic N) is 1. The van der Waals surface area contributed by atoms with Crippen LogP contribution in [0.15, 0.2) is 54.4 Å². The Labute approximate surface area is 150 Å². The summed E-state index contributed by atoms with van der Waals surface area (Å²) in [5.41, 5.74) is 5.98. The summed E-state index contributed by atoms with van der Waals surface area (Å²) in [5, 5.41) is 3.06. The number of carbonyl (C=O) groups excluding carboxylic acids is 2. The lowest BCUT2D eigenvalue weighted by atomic mass is 10.2. The molecule has 0 fully saturated rings. The van der Waals surface area contributed by atoms with E-state index in [-0.39, 0.29) is 5.91 Å². The van der Waals surface area contributed by atoms with Crippen LogP contribution in [0.5, 0.6) is 5.75 Å². The number of nitrogens with one attached hydrogen (secondary N) is 3. The van der Waals surface area contributed by atoms with Crippen LogP contribution in [0.3, 0.4) is 0 Å². The highest BCUT2D eigenvalue weighted by Crippen LogP contribution is 2.16. The fourth-order valence-electron chi connectivity index (χ4n) is 1.90. The van der Waals surface area contributed by atoms with Crippen LogP contribution in [0.1, 0.15) is 17.3 Å². The van der Waals surface area contributed by atoms with Crippen molar-refractivity contribution in [2.24, 2.45) is 0 Å². The van der Waals surface area contributed by atoms with Crippen molar-refractivity contribution in [2.75, 3.05) is 12.4 Å². The van der Waals surface area contributed by atoms with Crippen LogP contribution >= 0.6 is 11.6 Å². The Balaban J connectivity index is 1.91. The van der Waals surface area contributed by atoms with Crippen LogP contribution in [-0.4, -0.2) is 23.9 Å². The van der Waals surface area contributed by atoms with Gasteiger partial charge in [-0.05, 0) is 31.2 Å². The molecule has 2 aromatic rings. The number of allylic oxidation sites excluding steroid dienone is 1. The van der Waals surface area contributed by atoms with E-state index < -0.39 is 5.91 Å². The molecular weight excluding hydrogens is 344 g/mol. The number of methoxy groups -OCH3 is 1. The highest BCUT2D eigenvalue weighted by molar-refractivity contribution is 6.30. The number of anilines is 1. The molecule has 0 atom stereocenters. The van der Waals surface area contributed by atoms with E-state index in [0.717, 1.165) is 0 Å². The standard InChI is InChI=1S/C17H17ClN4O3/c1-11(9-16(23)20-15-8-7-12(18)10-19-15)21-22-17(24)13-5-3-4-6-14(13)25-2/h3-10,21H,1-2H3,(H,22,24)(H,19,20,23)/b11-9+. The van der Waals surface area contributed by atoms with E-state index in [1.54, 1.807) is 43.3 Å². The van der Waals surface area contributed by atoms with Crippen molar-refractivity contribution in [3.05, 3.63) is 65.0 Å². The third-order valence-electron chi connectivity index (χ3n) is 3.05. The maximum Gasteiger partial charge on any atom is 0.273 e. The molecule has 0 saturated heterocycles. The first-order valence-corrected chi connectivity index (χ1v) is 7.67. The van der Waals surface area contributed by atoms with Crippen molar-refractivity contribution in [1.82, 2.24) is 15.8 Å². The SMILES string of the molecule is COc1ccccc1C(=O)NN/C(C)=C/C(=O)Nc1ccc(Cl)cn1. The van der Waals surface area contributed by atoms with Gasteiger partial charge in [0.2, 0.25) is 0 Å². The summed E-state index contributed by atoms with van der Waals surface area (Å²) >= 11 is 5.73. The number of aromatic nitrogens is 1. The van der Waals surface area contributed by atoms with Gasteiger partial charge in [-0.1, -0.05) is 23.7 Å². The zero-order chi connectivity index (χ0) is 18.2. The fourth-order valence-corrected chi connectivity index (χ4v) is 2.01. The summed E-state index contributed by atoms with van der Waals surface area (Å²) in [7, 11) is 1.49. The van der Waals surface area contributed by atoms with Crippen LogP contribution in [0.4, 0.5) is 5.82 Å². The van der Waals surface area contributed by atoms with Gasteiger partial charge >= 0.3 is 0 Å². The third kappa shape index (κ3) is 5.50. The molecule has 2 rings (SSSR count). The van der Waals surface area contributed by atoms with Gasteiger partial charge in [-0.15, -0.1) is 0 Å². The zero-order valence-corrected chi connectivity index (χ0v) is 14.4. The second-order valence-corrected chi connectivity index (χ2v) is 5.39. The summed E-state index contributed by atoms with van der Waals surface area (Å²) < 4.78 is 5.13. The monoisotopic (exact) mass is 360 g/mol. The minimum Gasteiger partial charge on any atom is -0.496 e. The number of rotatable bonds is 6. The van der Waals surface area contributed by atoms with Gasteiger partial charge in [0.25, 0.3) is 11.8 Å². The molecule has 0 unspecified atom stereocenters. The lowest BCUT2D eigenvalue weighted by Gasteiger charge is -2.11. The summed E-state index contributed by atoms with van der Waals surface area (Å²) in [6, 6.07) is 10.0. The number of para-hydroxylation sites is 1. The van der Waals surface area contributed by atoms with Gasteiger partial charge < -0.3 is 15.5 Å². The molecule has 1 aromatic heterocycles. The number of hydrogen-bond acceptors (Lipinski definition) is 5. The minimum atomic E-state index is -0.397. The van der Waals surface area contributed by atoms with Crippen molar-refractivity contribution >= 4 is 29.2 Å². The van der Waals surface area contributed by atoms with E-state index in [4.69, 9.17) is 16.3 Å². The largest absolute Gasteiger partial charge is 0.496 e. The fraction of sp³-hybridized carbons (Fsp3) is 0.118. The molecule has 0 spiro atoms. The van der Waals surface area contributed by atoms with Crippen molar-refractivity contribution < 1.29 is 14.3 Å². The molecule has 0 aliphatic carbocycles. The van der Waals surface area contributed by atoms with Crippen molar-refractivity contribution in [2.45, 2.75) is 6.92 Å². The Hall–Kier alpha value is -3.06. The molecule has 1 aromatic carbocycles. The van der Waals surface area contributed by atoms with Crippen LogP contribution < -0.4 is 20.9 Å². The van der Waals surface area contributed by atoms with Crippen LogP contribution in [-0.2, 0) is 4.79 Å². The molecule has 0 radical (unpaired) electrons. The molecule has 25 heavy (non-hydrogen) atoms. The van der Waals surface area contributed by atoms with Gasteiger partial charge in [-0.2, -0.15) is 0 Å². The number of benzene rings is 1. The van der Waals surface area contributed by atoms with Crippen molar-refractivity contribution in [1.29, 1.82) is 0 Å². The van der Waals surface area contributed by atoms with Gasteiger partial charge in [0.05, 0.1) is 17.7 Å². The maximum absolute atomic E-state index is 12.1. The zero-order valence-electron chi connectivity index (χ0n) is 13.7. The first kappa shape index (κ1) is 18.3. The molecular formula is C17H17ClN4O3. The Morgan fingerprint density at radius 3 is 2.60 bits per heavy atom. The first-order valence-electron chi connectivity index (χ1n) is 7.30. The lowest BCUT2D eigenvalue weighted by molar-refractivity contribution is -0.112. The molecule has 2 amide bonds. The van der Waals surface area contributed by atoms with E-state index in [9.17, 15) is 9.59 Å². The molecule has 8 heteroatoms. The first-order chi connectivity index (χ1) is 12.0. The topological polar surface area (TPSA) is 92.4 Å². The van der Waals surface area contributed by atoms with Crippen LogP contribution in [0, 0.1) is 0 Å². The molecule has 130 valence electrons. The summed E-state index contributed by atoms with van der Waals surface area (Å²) in [4.78, 5) is 28.0. The highest BCUT2D eigenvalue weighted by atomic mass is 35.5. The average Bonchev–Trinajstić information content (AvgIpc) is 2.61. The number of ether oxygens (including phenoxy) is 1. The molecule has 0 saturated carbocycles. The van der Waals surface area contributed by atoms with Gasteiger partial charge in [0.1, 0.15) is 11.6 Å². The van der Waals surface area contributed by atoms with Crippen LogP contribution in [0.25, 0.3) is 0 Å². The third-order valence-corrected chi connectivity index (χ3v) is 3.27. The average molecular weight is 361 g/mol. The predicted molar refractivity (Wildman–Crippen MR) is 95.2 cm³/mol. The van der Waals surface area contributed by atoms with Gasteiger partial charge in [0, 0.05) is 18.0 Å². The second kappa shape index (κ2) is 8.70. The van der Waals surface area contributed by atoms with E-state index in [0.29, 0.717) is 27.9 Å². The van der Waals surface area contributed by atoms with E-state index in [1.165, 1.54) is 19.4 Å². The second-order valence-electron chi connectivity index (χ2n) is 4.96. The normalized spacial score (nSPS) is 10.8. The van der Waals surface area contributed by atoms with E-state index in [2.05, 4.69) is 21.2 Å². The number of carbonyl (C=O) groups is 2. The van der Waals surface area contributed by atoms with Crippen LogP contribution in [0.2, 0.25) is 5.02 Å². The van der Waals surface area contributed by atoms with Crippen molar-refractivity contribution in [3.8, 4) is 5.75 Å². The van der Waals surface area contributed by atoms with Crippen molar-refractivity contribution in [3.63, 3.8) is 0 Å². The molecule has 0 bridgehead atoms. The summed E-state index contributed by atoms with van der Waals surface area (Å²) in [6.07, 6.45) is 2.72. The lowest BCUT2D eigenvalue weighted by Crippen LogP contribution is -2.36. The molecule has 3 N–H and O–H groups in total. The number of pyridine rings is 1. The molecule has 1 heterocycles. The molecule has 7 nitrogen and oxygen atoms in total. The Bertz CT molecular complexity index is 791. The number of hydrazine groups is 1. The number of hydrogen-bond donors (Lipinski definition) is 3. The quantitative estimate of drug-likeness (QED) is 0.543.